The summed E-state index contributed by atoms with van der Waals surface area (Å²) in [5, 5.41) is 19.4. The number of nitrogens with zero attached hydrogens (tertiary/aromatic N) is 3. The number of nitrogens with one attached hydrogen (secondary N) is 3. The monoisotopic (exact) mass is 226 g/mol. The van der Waals surface area contributed by atoms with Gasteiger partial charge in [-0.15, -0.1) is 10.2 Å². The lowest BCUT2D eigenvalue weighted by atomic mass is 10.1. The van der Waals surface area contributed by atoms with Crippen molar-refractivity contribution in [1.29, 1.82) is 0 Å². The lowest BCUT2D eigenvalue weighted by Gasteiger charge is -2.15. The Morgan fingerprint density at radius 2 is 2.25 bits per heavy atom. The molecule has 1 amide bonds. The van der Waals surface area contributed by atoms with Gasteiger partial charge >= 0.3 is 0 Å². The van der Waals surface area contributed by atoms with Gasteiger partial charge in [0.2, 0.25) is 5.91 Å². The summed E-state index contributed by atoms with van der Waals surface area (Å²) >= 11 is 0. The van der Waals surface area contributed by atoms with E-state index in [-0.39, 0.29) is 17.9 Å². The predicted molar refractivity (Wildman–Crippen MR) is 58.4 cm³/mol. The Balaban J connectivity index is 2.39. The first kappa shape index (κ1) is 12.6. The van der Waals surface area contributed by atoms with Gasteiger partial charge in [-0.3, -0.25) is 4.79 Å². The van der Waals surface area contributed by atoms with Crippen molar-refractivity contribution in [2.24, 2.45) is 5.92 Å². The molecule has 0 spiro atoms. The molecule has 0 bridgehead atoms. The Kier molecular flexibility index (Phi) is 4.84. The van der Waals surface area contributed by atoms with Crippen LogP contribution in [0.1, 0.15) is 32.6 Å². The maximum absolute atomic E-state index is 11.7. The summed E-state index contributed by atoms with van der Waals surface area (Å²) in [6.07, 6.45) is 0. The average molecular weight is 226 g/mol. The maximum atomic E-state index is 11.7. The third kappa shape index (κ3) is 3.58. The number of rotatable bonds is 6. The zero-order valence-corrected chi connectivity index (χ0v) is 9.82. The minimum absolute atomic E-state index is 0.0155. The Morgan fingerprint density at radius 3 is 2.81 bits per heavy atom. The molecule has 0 aliphatic rings. The first-order valence-corrected chi connectivity index (χ1v) is 5.39. The van der Waals surface area contributed by atoms with Crippen LogP contribution in [-0.4, -0.2) is 39.6 Å². The van der Waals surface area contributed by atoms with Gasteiger partial charge in [-0.25, -0.2) is 0 Å². The number of carbonyl (C=O) groups is 1. The van der Waals surface area contributed by atoms with Gasteiger partial charge in [-0.05, 0) is 13.5 Å². The highest BCUT2D eigenvalue weighted by Crippen LogP contribution is 2.04. The summed E-state index contributed by atoms with van der Waals surface area (Å²) in [7, 11) is 0. The van der Waals surface area contributed by atoms with Crippen molar-refractivity contribution >= 4 is 5.91 Å². The molecule has 0 radical (unpaired) electrons. The Hall–Kier alpha value is -1.50. The molecule has 2 atom stereocenters. The van der Waals surface area contributed by atoms with Crippen LogP contribution < -0.4 is 10.6 Å². The number of hydrogen-bond donors (Lipinski definition) is 3. The summed E-state index contributed by atoms with van der Waals surface area (Å²) in [4.78, 5) is 11.7. The average Bonchev–Trinajstić information content (AvgIpc) is 2.79. The van der Waals surface area contributed by atoms with Gasteiger partial charge in [0.15, 0.2) is 5.82 Å². The van der Waals surface area contributed by atoms with Crippen LogP contribution in [0.2, 0.25) is 0 Å². The molecule has 1 aromatic rings. The predicted octanol–water partition coefficient (Wildman–Crippen LogP) is -0.377. The first-order valence-electron chi connectivity index (χ1n) is 5.39. The molecule has 0 saturated heterocycles. The van der Waals surface area contributed by atoms with Crippen LogP contribution in [-0.2, 0) is 4.79 Å². The molecule has 0 aliphatic carbocycles. The van der Waals surface area contributed by atoms with Gasteiger partial charge in [-0.1, -0.05) is 19.1 Å². The van der Waals surface area contributed by atoms with E-state index < -0.39 is 0 Å². The third-order valence-corrected chi connectivity index (χ3v) is 2.26. The molecule has 0 aliphatic heterocycles. The molecule has 7 heteroatoms. The van der Waals surface area contributed by atoms with Crippen molar-refractivity contribution in [3.8, 4) is 0 Å². The molecule has 7 nitrogen and oxygen atoms in total. The summed E-state index contributed by atoms with van der Waals surface area (Å²) in [6, 6.07) is -0.227. The molecule has 0 fully saturated rings. The van der Waals surface area contributed by atoms with E-state index >= 15 is 0 Å². The highest BCUT2D eigenvalue weighted by Gasteiger charge is 2.17. The van der Waals surface area contributed by atoms with Crippen molar-refractivity contribution in [2.75, 3.05) is 13.1 Å². The fourth-order valence-corrected chi connectivity index (χ4v) is 1.23. The van der Waals surface area contributed by atoms with Gasteiger partial charge in [-0.2, -0.15) is 5.21 Å². The molecule has 1 aromatic heterocycles. The largest absolute Gasteiger partial charge is 0.346 e. The van der Waals surface area contributed by atoms with E-state index in [1.807, 2.05) is 20.8 Å². The van der Waals surface area contributed by atoms with Crippen LogP contribution in [0.4, 0.5) is 0 Å². The topological polar surface area (TPSA) is 95.6 Å². The molecule has 1 rings (SSSR count). The molecular formula is C9H18N6O. The summed E-state index contributed by atoms with van der Waals surface area (Å²) in [5.41, 5.74) is 0. The standard InChI is InChI=1S/C9H18N6O/c1-4-10-5-6(2)9(16)11-7(3)8-12-14-15-13-8/h6-7,10H,4-5H2,1-3H3,(H,11,16)(H,12,13,14,15). The second-order valence-electron chi connectivity index (χ2n) is 3.71. The van der Waals surface area contributed by atoms with Crippen molar-refractivity contribution in [1.82, 2.24) is 31.3 Å². The van der Waals surface area contributed by atoms with Crippen LogP contribution in [0.25, 0.3) is 0 Å². The zero-order valence-electron chi connectivity index (χ0n) is 9.82. The second-order valence-corrected chi connectivity index (χ2v) is 3.71. The molecule has 3 N–H and O–H groups in total. The van der Waals surface area contributed by atoms with E-state index in [0.29, 0.717) is 12.4 Å². The molecule has 0 saturated carbocycles. The van der Waals surface area contributed by atoms with Gasteiger partial charge in [0.25, 0.3) is 0 Å². The van der Waals surface area contributed by atoms with Crippen LogP contribution >= 0.6 is 0 Å². The van der Waals surface area contributed by atoms with Gasteiger partial charge in [0.05, 0.1) is 6.04 Å². The summed E-state index contributed by atoms with van der Waals surface area (Å²) in [5.74, 6) is 0.400. The fraction of sp³-hybridized carbons (Fsp3) is 0.778. The number of carbonyl (C=O) groups excluding carboxylic acids is 1. The van der Waals surface area contributed by atoms with E-state index in [2.05, 4.69) is 31.3 Å². The van der Waals surface area contributed by atoms with Crippen molar-refractivity contribution in [2.45, 2.75) is 26.8 Å². The Labute approximate surface area is 94.4 Å². The molecule has 16 heavy (non-hydrogen) atoms. The van der Waals surface area contributed by atoms with E-state index in [0.717, 1.165) is 6.54 Å². The van der Waals surface area contributed by atoms with Crippen molar-refractivity contribution in [3.05, 3.63) is 5.82 Å². The lowest BCUT2D eigenvalue weighted by Crippen LogP contribution is -2.36. The van der Waals surface area contributed by atoms with E-state index in [4.69, 9.17) is 0 Å². The molecule has 90 valence electrons. The molecule has 0 aromatic carbocycles. The van der Waals surface area contributed by atoms with Crippen LogP contribution in [0, 0.1) is 5.92 Å². The number of aromatic amines is 1. The number of aromatic nitrogens is 4. The van der Waals surface area contributed by atoms with Crippen LogP contribution in [0.15, 0.2) is 0 Å². The summed E-state index contributed by atoms with van der Waals surface area (Å²) in [6.45, 7) is 7.23. The van der Waals surface area contributed by atoms with Crippen molar-refractivity contribution < 1.29 is 4.79 Å². The minimum atomic E-state index is -0.227. The SMILES string of the molecule is CCNCC(C)C(=O)NC(C)c1nn[nH]n1. The number of amides is 1. The smallest absolute Gasteiger partial charge is 0.224 e. The van der Waals surface area contributed by atoms with Crippen molar-refractivity contribution in [3.63, 3.8) is 0 Å². The third-order valence-electron chi connectivity index (χ3n) is 2.26. The normalized spacial score (nSPS) is 14.4. The zero-order chi connectivity index (χ0) is 12.0. The second kappa shape index (κ2) is 6.16. The first-order chi connectivity index (χ1) is 7.65. The highest BCUT2D eigenvalue weighted by molar-refractivity contribution is 5.78. The van der Waals surface area contributed by atoms with E-state index in [9.17, 15) is 4.79 Å². The highest BCUT2D eigenvalue weighted by atomic mass is 16.1. The number of hydrogen-bond acceptors (Lipinski definition) is 5. The van der Waals surface area contributed by atoms with E-state index in [1.54, 1.807) is 0 Å². The molecule has 2 unspecified atom stereocenters. The fourth-order valence-electron chi connectivity index (χ4n) is 1.23. The Bertz CT molecular complexity index is 312. The van der Waals surface area contributed by atoms with Gasteiger partial charge in [0, 0.05) is 12.5 Å². The summed E-state index contributed by atoms with van der Waals surface area (Å²) < 4.78 is 0. The van der Waals surface area contributed by atoms with Crippen LogP contribution in [0.5, 0.6) is 0 Å². The molecular weight excluding hydrogens is 208 g/mol. The minimum Gasteiger partial charge on any atom is -0.346 e. The van der Waals surface area contributed by atoms with Crippen LogP contribution in [0.3, 0.4) is 0 Å². The van der Waals surface area contributed by atoms with E-state index in [1.165, 1.54) is 0 Å². The number of H-pyrrole nitrogens is 1. The lowest BCUT2D eigenvalue weighted by molar-refractivity contribution is -0.125. The Morgan fingerprint density at radius 1 is 1.50 bits per heavy atom. The van der Waals surface area contributed by atoms with Gasteiger partial charge in [0.1, 0.15) is 0 Å². The number of tetrazole rings is 1. The maximum Gasteiger partial charge on any atom is 0.224 e. The van der Waals surface area contributed by atoms with Gasteiger partial charge < -0.3 is 10.6 Å². The molecule has 1 heterocycles. The quantitative estimate of drug-likeness (QED) is 0.614.